The predicted molar refractivity (Wildman–Crippen MR) is 201 cm³/mol. The first-order valence-electron chi connectivity index (χ1n) is 15.5. The van der Waals surface area contributed by atoms with Gasteiger partial charge in [-0.2, -0.15) is 0 Å². The average Bonchev–Trinajstić information content (AvgIpc) is 3.15. The van der Waals surface area contributed by atoms with E-state index in [9.17, 15) is 0 Å². The molecule has 0 fully saturated rings. The monoisotopic (exact) mass is 650 g/mol. The van der Waals surface area contributed by atoms with Gasteiger partial charge in [0.05, 0.1) is 0 Å². The van der Waals surface area contributed by atoms with Gasteiger partial charge < -0.3 is 13.6 Å². The van der Waals surface area contributed by atoms with E-state index >= 15 is 0 Å². The molecule has 0 heterocycles. The summed E-state index contributed by atoms with van der Waals surface area (Å²) in [5, 5.41) is 5.66. The van der Waals surface area contributed by atoms with E-state index in [1.165, 1.54) is 21.2 Å². The summed E-state index contributed by atoms with van der Waals surface area (Å²) in [6.45, 7) is 0. The van der Waals surface area contributed by atoms with E-state index < -0.39 is 15.9 Å². The first-order chi connectivity index (χ1) is 23.3. The molecule has 0 aliphatic carbocycles. The van der Waals surface area contributed by atoms with Crippen molar-refractivity contribution < 1.29 is 13.6 Å². The number of benzene rings is 7. The maximum absolute atomic E-state index is 5.84. The zero-order chi connectivity index (χ0) is 32.0. The molecule has 0 saturated heterocycles. The van der Waals surface area contributed by atoms with Crippen molar-refractivity contribution in [3.8, 4) is 17.2 Å². The molecule has 0 radical (unpaired) electrons. The summed E-state index contributed by atoms with van der Waals surface area (Å²) < 4.78 is 17.5. The van der Waals surface area contributed by atoms with Crippen LogP contribution in [0.25, 0.3) is 0 Å². The third-order valence-corrected chi connectivity index (χ3v) is 13.5. The standard InChI is InChI=1S/C24H21P.C18H15O3P/c1-5-13-21(14-6-1)25(22-15-7-2-8-16-22,23-17-9-3-10-18-23)24-19-11-4-12-20-24;1-4-10-16(11-5-1)19-22(20-17-12-6-2-7-13-17)21-18-14-8-3-9-15-18/h1-20,25H;1-15H. The number of hydrogen-bond donors (Lipinski definition) is 0. The Morgan fingerprint density at radius 2 is 0.447 bits per heavy atom. The Balaban J connectivity index is 0.000000166. The van der Waals surface area contributed by atoms with E-state index in [1.807, 2.05) is 91.0 Å². The SMILES string of the molecule is c1ccc(OP(Oc2ccccc2)Oc2ccccc2)cc1.c1ccc([PH](c2ccccc2)(c2ccccc2)c2ccccc2)cc1. The molecule has 0 spiro atoms. The van der Waals surface area contributed by atoms with Crippen LogP contribution in [-0.2, 0) is 0 Å². The Kier molecular flexibility index (Phi) is 11.1. The Labute approximate surface area is 279 Å². The Morgan fingerprint density at radius 3 is 0.660 bits per heavy atom. The third-order valence-electron chi connectivity index (χ3n) is 7.60. The number of para-hydroxylation sites is 3. The second-order valence-electron chi connectivity index (χ2n) is 10.7. The van der Waals surface area contributed by atoms with Crippen molar-refractivity contribution in [2.75, 3.05) is 0 Å². The van der Waals surface area contributed by atoms with E-state index in [2.05, 4.69) is 121 Å². The van der Waals surface area contributed by atoms with Gasteiger partial charge >= 0.3 is 158 Å². The van der Waals surface area contributed by atoms with Crippen LogP contribution in [0, 0.1) is 0 Å². The van der Waals surface area contributed by atoms with Crippen LogP contribution in [0.5, 0.6) is 17.2 Å². The number of hydrogen-bond acceptors (Lipinski definition) is 3. The van der Waals surface area contributed by atoms with Crippen LogP contribution in [0.4, 0.5) is 0 Å². The van der Waals surface area contributed by atoms with Crippen molar-refractivity contribution in [2.45, 2.75) is 0 Å². The Morgan fingerprint density at radius 1 is 0.255 bits per heavy atom. The van der Waals surface area contributed by atoms with Gasteiger partial charge in [0.25, 0.3) is 0 Å². The number of rotatable bonds is 10. The molecule has 0 N–H and O–H groups in total. The molecule has 0 bridgehead atoms. The molecule has 5 heteroatoms. The summed E-state index contributed by atoms with van der Waals surface area (Å²) >= 11 is 0. The summed E-state index contributed by atoms with van der Waals surface area (Å²) in [5.41, 5.74) is 0. The zero-order valence-corrected chi connectivity index (χ0v) is 27.8. The maximum atomic E-state index is 5.84. The summed E-state index contributed by atoms with van der Waals surface area (Å²) in [4.78, 5) is 0. The van der Waals surface area contributed by atoms with Crippen molar-refractivity contribution in [1.29, 1.82) is 0 Å². The minimum absolute atomic E-state index is 0.709. The van der Waals surface area contributed by atoms with Crippen LogP contribution in [0.2, 0.25) is 0 Å². The van der Waals surface area contributed by atoms with Crippen molar-refractivity contribution in [1.82, 2.24) is 0 Å². The van der Waals surface area contributed by atoms with Gasteiger partial charge in [0.15, 0.2) is 0 Å². The van der Waals surface area contributed by atoms with Gasteiger partial charge in [0.2, 0.25) is 0 Å². The molecule has 232 valence electrons. The van der Waals surface area contributed by atoms with Crippen molar-refractivity contribution in [3.05, 3.63) is 212 Å². The second-order valence-corrected chi connectivity index (χ2v) is 15.5. The van der Waals surface area contributed by atoms with E-state index in [1.54, 1.807) is 0 Å². The molecular weight excluding hydrogens is 614 g/mol. The van der Waals surface area contributed by atoms with Crippen LogP contribution in [-0.4, -0.2) is 0 Å². The summed E-state index contributed by atoms with van der Waals surface area (Å²) in [7, 11) is -3.89. The molecule has 0 aliphatic heterocycles. The molecule has 0 aromatic heterocycles. The third kappa shape index (κ3) is 8.15. The fourth-order valence-corrected chi connectivity index (χ4v) is 11.3. The summed E-state index contributed by atoms with van der Waals surface area (Å²) in [6.07, 6.45) is 0. The topological polar surface area (TPSA) is 27.7 Å². The van der Waals surface area contributed by atoms with Crippen LogP contribution < -0.4 is 34.8 Å². The fraction of sp³-hybridized carbons (Fsp3) is 0. The van der Waals surface area contributed by atoms with Crippen molar-refractivity contribution in [3.63, 3.8) is 0 Å². The fourth-order valence-electron chi connectivity index (χ4n) is 5.51. The van der Waals surface area contributed by atoms with E-state index in [0.29, 0.717) is 17.2 Å². The van der Waals surface area contributed by atoms with Crippen LogP contribution in [0.15, 0.2) is 212 Å². The van der Waals surface area contributed by atoms with Gasteiger partial charge in [-0.1, -0.05) is 54.6 Å². The molecular formula is C42H36O3P2. The van der Waals surface area contributed by atoms with Crippen LogP contribution in [0.3, 0.4) is 0 Å². The first kappa shape index (κ1) is 31.8. The quantitative estimate of drug-likeness (QED) is 0.138. The van der Waals surface area contributed by atoms with Gasteiger partial charge in [0.1, 0.15) is 17.2 Å². The summed E-state index contributed by atoms with van der Waals surface area (Å²) in [6, 6.07) is 72.5. The van der Waals surface area contributed by atoms with Gasteiger partial charge in [-0.25, -0.2) is 0 Å². The Bertz CT molecular complexity index is 1620. The normalized spacial score (nSPS) is 11.1. The molecule has 0 saturated carbocycles. The Hall–Kier alpha value is -5.20. The van der Waals surface area contributed by atoms with Gasteiger partial charge in [-0.15, -0.1) is 0 Å². The molecule has 47 heavy (non-hydrogen) atoms. The van der Waals surface area contributed by atoms with E-state index in [4.69, 9.17) is 13.6 Å². The van der Waals surface area contributed by atoms with E-state index in [0.717, 1.165) is 0 Å². The molecule has 0 amide bonds. The minimum atomic E-state index is -2.30. The molecule has 0 atom stereocenters. The molecule has 0 unspecified atom stereocenters. The van der Waals surface area contributed by atoms with Crippen LogP contribution in [0.1, 0.15) is 0 Å². The molecule has 0 aliphatic rings. The first-order valence-corrected chi connectivity index (χ1v) is 18.6. The average molecular weight is 651 g/mol. The van der Waals surface area contributed by atoms with Gasteiger partial charge in [-0.05, 0) is 36.4 Å². The molecule has 7 aromatic rings. The predicted octanol–water partition coefficient (Wildman–Crippen LogP) is 9.49. The molecule has 7 rings (SSSR count). The van der Waals surface area contributed by atoms with E-state index in [-0.39, 0.29) is 0 Å². The summed E-state index contributed by atoms with van der Waals surface area (Å²) in [5.74, 6) is 2.13. The molecule has 7 aromatic carbocycles. The van der Waals surface area contributed by atoms with Crippen molar-refractivity contribution in [2.24, 2.45) is 0 Å². The van der Waals surface area contributed by atoms with Gasteiger partial charge in [0, 0.05) is 0 Å². The van der Waals surface area contributed by atoms with Gasteiger partial charge in [-0.3, -0.25) is 0 Å². The second kappa shape index (κ2) is 16.4. The van der Waals surface area contributed by atoms with Crippen molar-refractivity contribution >= 4 is 37.1 Å². The van der Waals surface area contributed by atoms with Crippen LogP contribution >= 0.6 is 15.9 Å². The molecule has 3 nitrogen and oxygen atoms in total. The zero-order valence-electron chi connectivity index (χ0n) is 25.9.